The van der Waals surface area contributed by atoms with Crippen molar-refractivity contribution in [3.8, 4) is 0 Å². The second-order valence-corrected chi connectivity index (χ2v) is 3.24. The van der Waals surface area contributed by atoms with E-state index < -0.39 is 0 Å². The summed E-state index contributed by atoms with van der Waals surface area (Å²) in [6.07, 6.45) is 3.40. The van der Waals surface area contributed by atoms with Gasteiger partial charge in [0.25, 0.3) is 0 Å². The molecule has 0 radical (unpaired) electrons. The minimum absolute atomic E-state index is 0.752. The normalized spacial score (nSPS) is 10.5. The molecule has 0 saturated heterocycles. The minimum Gasteiger partial charge on any atom is -0.472 e. The number of nitrogens with one attached hydrogen (secondary N) is 1. The van der Waals surface area contributed by atoms with Crippen LogP contribution in [0.5, 0.6) is 0 Å². The monoisotopic (exact) mass is 195 g/mol. The van der Waals surface area contributed by atoms with Crippen molar-refractivity contribution in [1.82, 2.24) is 14.9 Å². The highest BCUT2D eigenvalue weighted by Gasteiger charge is 1.96. The van der Waals surface area contributed by atoms with Gasteiger partial charge >= 0.3 is 0 Å². The maximum atomic E-state index is 4.94. The molecule has 0 bridgehead atoms. The lowest BCUT2D eigenvalue weighted by Crippen LogP contribution is -2.12. The Morgan fingerprint density at radius 1 is 1.46 bits per heavy atom. The molecule has 4 nitrogen and oxygen atoms in total. The first-order chi connectivity index (χ1) is 6.45. The molecule has 13 heavy (non-hydrogen) atoms. The molecule has 1 N–H and O–H groups in total. The second kappa shape index (κ2) is 4.15. The zero-order valence-corrected chi connectivity index (χ0v) is 7.75. The van der Waals surface area contributed by atoms with Crippen molar-refractivity contribution in [3.05, 3.63) is 35.2 Å². The van der Waals surface area contributed by atoms with Gasteiger partial charge in [0.05, 0.1) is 18.2 Å². The van der Waals surface area contributed by atoms with E-state index >= 15 is 0 Å². The first kappa shape index (κ1) is 8.40. The third-order valence-corrected chi connectivity index (χ3v) is 2.17. The largest absolute Gasteiger partial charge is 0.472 e. The van der Waals surface area contributed by atoms with E-state index in [2.05, 4.69) is 14.9 Å². The molecule has 0 spiro atoms. The van der Waals surface area contributed by atoms with Crippen LogP contribution in [-0.2, 0) is 13.1 Å². The molecule has 0 aromatic carbocycles. The Kier molecular flexibility index (Phi) is 2.68. The Bertz CT molecular complexity index is 296. The summed E-state index contributed by atoms with van der Waals surface area (Å²) in [6, 6.07) is 1.94. The number of nitrogens with zero attached hydrogens (tertiary/aromatic N) is 2. The molecule has 2 aromatic rings. The van der Waals surface area contributed by atoms with Gasteiger partial charge in [-0.05, 0) is 17.6 Å². The van der Waals surface area contributed by atoms with E-state index in [1.165, 1.54) is 11.5 Å². The predicted octanol–water partition coefficient (Wildman–Crippen LogP) is 1.42. The summed E-state index contributed by atoms with van der Waals surface area (Å²) in [5.41, 5.74) is 2.12. The third kappa shape index (κ3) is 2.37. The average molecular weight is 195 g/mol. The zero-order valence-electron chi connectivity index (χ0n) is 6.93. The van der Waals surface area contributed by atoms with Crippen LogP contribution in [0.3, 0.4) is 0 Å². The van der Waals surface area contributed by atoms with Crippen molar-refractivity contribution in [2.24, 2.45) is 0 Å². The Labute approximate surface area is 79.8 Å². The molecule has 0 atom stereocenters. The number of hydrogen-bond donors (Lipinski definition) is 1. The van der Waals surface area contributed by atoms with Crippen LogP contribution in [0.15, 0.2) is 28.4 Å². The molecule has 0 unspecified atom stereocenters. The molecule has 2 aromatic heterocycles. The fraction of sp³-hybridized carbons (Fsp3) is 0.250. The highest BCUT2D eigenvalue weighted by Crippen LogP contribution is 2.00. The molecule has 0 saturated carbocycles. The van der Waals surface area contributed by atoms with Crippen molar-refractivity contribution in [2.75, 3.05) is 0 Å². The van der Waals surface area contributed by atoms with Gasteiger partial charge in [-0.2, -0.15) is 0 Å². The predicted molar refractivity (Wildman–Crippen MR) is 49.2 cm³/mol. The third-order valence-electron chi connectivity index (χ3n) is 1.62. The van der Waals surface area contributed by atoms with Crippen LogP contribution in [0.25, 0.3) is 0 Å². The van der Waals surface area contributed by atoms with E-state index in [4.69, 9.17) is 4.42 Å². The smallest absolute Gasteiger partial charge is 0.0947 e. The standard InChI is InChI=1S/C8H9N3OS/c1-2-12-5-7(1)3-9-4-8-6-13-11-10-8/h1-2,5-6,9H,3-4H2. The van der Waals surface area contributed by atoms with Gasteiger partial charge in [0.2, 0.25) is 0 Å². The highest BCUT2D eigenvalue weighted by atomic mass is 32.1. The lowest BCUT2D eigenvalue weighted by molar-refractivity contribution is 0.560. The number of aromatic nitrogens is 2. The molecular weight excluding hydrogens is 186 g/mol. The van der Waals surface area contributed by atoms with Crippen LogP contribution in [0, 0.1) is 0 Å². The van der Waals surface area contributed by atoms with Crippen LogP contribution in [-0.4, -0.2) is 9.59 Å². The van der Waals surface area contributed by atoms with Crippen molar-refractivity contribution in [2.45, 2.75) is 13.1 Å². The van der Waals surface area contributed by atoms with Gasteiger partial charge in [0.1, 0.15) is 0 Å². The van der Waals surface area contributed by atoms with Crippen LogP contribution < -0.4 is 5.32 Å². The van der Waals surface area contributed by atoms with Crippen molar-refractivity contribution in [3.63, 3.8) is 0 Å². The fourth-order valence-electron chi connectivity index (χ4n) is 0.989. The molecule has 2 heterocycles. The fourth-order valence-corrected chi connectivity index (χ4v) is 1.44. The van der Waals surface area contributed by atoms with Gasteiger partial charge in [0.15, 0.2) is 0 Å². The van der Waals surface area contributed by atoms with Crippen LogP contribution in [0.1, 0.15) is 11.3 Å². The van der Waals surface area contributed by atoms with Crippen molar-refractivity contribution >= 4 is 11.5 Å². The van der Waals surface area contributed by atoms with Crippen molar-refractivity contribution < 1.29 is 4.42 Å². The van der Waals surface area contributed by atoms with Gasteiger partial charge in [-0.1, -0.05) is 4.49 Å². The van der Waals surface area contributed by atoms with Gasteiger partial charge in [-0.25, -0.2) is 0 Å². The maximum absolute atomic E-state index is 4.94. The average Bonchev–Trinajstić information content (AvgIpc) is 2.75. The Morgan fingerprint density at radius 2 is 2.46 bits per heavy atom. The van der Waals surface area contributed by atoms with Crippen molar-refractivity contribution in [1.29, 1.82) is 0 Å². The maximum Gasteiger partial charge on any atom is 0.0947 e. The summed E-state index contributed by atoms with van der Waals surface area (Å²) in [4.78, 5) is 0. The molecule has 5 heteroatoms. The van der Waals surface area contributed by atoms with Crippen LogP contribution in [0.2, 0.25) is 0 Å². The topological polar surface area (TPSA) is 51.0 Å². The summed E-state index contributed by atoms with van der Waals surface area (Å²) in [6.45, 7) is 1.55. The number of rotatable bonds is 4. The first-order valence-corrected chi connectivity index (χ1v) is 4.76. The summed E-state index contributed by atoms with van der Waals surface area (Å²) >= 11 is 1.37. The SMILES string of the molecule is c1cc(CNCc2csnn2)co1. The van der Waals surface area contributed by atoms with Gasteiger partial charge in [-0.3, -0.25) is 0 Å². The number of furan rings is 1. The zero-order chi connectivity index (χ0) is 8.93. The summed E-state index contributed by atoms with van der Waals surface area (Å²) in [5, 5.41) is 9.08. The van der Waals surface area contributed by atoms with E-state index in [1.807, 2.05) is 11.4 Å². The van der Waals surface area contributed by atoms with Gasteiger partial charge in [-0.15, -0.1) is 5.10 Å². The Morgan fingerprint density at radius 3 is 3.15 bits per heavy atom. The van der Waals surface area contributed by atoms with Crippen LogP contribution >= 0.6 is 11.5 Å². The van der Waals surface area contributed by atoms with E-state index in [0.29, 0.717) is 0 Å². The van der Waals surface area contributed by atoms with E-state index in [9.17, 15) is 0 Å². The molecule has 0 fully saturated rings. The molecule has 0 aliphatic heterocycles. The molecule has 68 valence electrons. The summed E-state index contributed by atoms with van der Waals surface area (Å²) < 4.78 is 8.71. The molecule has 2 rings (SSSR count). The minimum atomic E-state index is 0.752. The molecule has 0 aliphatic rings. The molecule has 0 aliphatic carbocycles. The van der Waals surface area contributed by atoms with E-state index in [1.54, 1.807) is 12.5 Å². The van der Waals surface area contributed by atoms with Gasteiger partial charge in [0, 0.05) is 24.0 Å². The van der Waals surface area contributed by atoms with E-state index in [-0.39, 0.29) is 0 Å². The first-order valence-electron chi connectivity index (χ1n) is 3.93. The quantitative estimate of drug-likeness (QED) is 0.801. The lowest BCUT2D eigenvalue weighted by atomic mass is 10.3. The summed E-state index contributed by atoms with van der Waals surface area (Å²) in [5.74, 6) is 0. The second-order valence-electron chi connectivity index (χ2n) is 2.63. The molecule has 0 amide bonds. The Hall–Kier alpha value is -1.20. The van der Waals surface area contributed by atoms with Crippen LogP contribution in [0.4, 0.5) is 0 Å². The van der Waals surface area contributed by atoms with Gasteiger partial charge < -0.3 is 9.73 Å². The number of hydrogen-bond acceptors (Lipinski definition) is 5. The lowest BCUT2D eigenvalue weighted by Gasteiger charge is -1.97. The highest BCUT2D eigenvalue weighted by molar-refractivity contribution is 7.03. The van der Waals surface area contributed by atoms with E-state index in [0.717, 1.165) is 24.3 Å². The Balaban J connectivity index is 1.76. The molecular formula is C8H9N3OS. The summed E-state index contributed by atoms with van der Waals surface area (Å²) in [7, 11) is 0.